The molecular weight excluding hydrogens is 649 g/mol. The predicted octanol–water partition coefficient (Wildman–Crippen LogP) is 20.4. The van der Waals surface area contributed by atoms with Crippen molar-refractivity contribution >= 4 is 0 Å². The fourth-order valence-electron chi connectivity index (χ4n) is 10.7. The smallest absolute Gasteiger partial charge is 0.0222 e. The minimum atomic E-state index is 0. The lowest BCUT2D eigenvalue weighted by Crippen LogP contribution is -2.45. The van der Waals surface area contributed by atoms with Gasteiger partial charge in [-0.2, -0.15) is 0 Å². The third-order valence-electron chi connectivity index (χ3n) is 9.10. The van der Waals surface area contributed by atoms with Gasteiger partial charge in [0, 0.05) is 0 Å². The number of hydrogen-bond donors (Lipinski definition) is 0. The molecule has 0 heteroatoms. The molecule has 0 nitrogen and oxygen atoms in total. The Labute approximate surface area is 349 Å². The quantitative estimate of drug-likeness (QED) is 0.188. The number of benzene rings is 1. The van der Waals surface area contributed by atoms with E-state index < -0.39 is 0 Å². The highest BCUT2D eigenvalue weighted by atomic mass is 14.6. The van der Waals surface area contributed by atoms with Crippen LogP contribution in [0.5, 0.6) is 0 Å². The van der Waals surface area contributed by atoms with Crippen molar-refractivity contribution in [1.29, 1.82) is 0 Å². The largest absolute Gasteiger partial charge is 0.0776 e. The minimum Gasteiger partial charge on any atom is -0.0776 e. The Morgan fingerprint density at radius 3 is 0.685 bits per heavy atom. The summed E-state index contributed by atoms with van der Waals surface area (Å²) in [5, 5.41) is 0. The Bertz CT molecular complexity index is 823. The molecule has 330 valence electrons. The van der Waals surface area contributed by atoms with Crippen molar-refractivity contribution in [2.45, 2.75) is 266 Å². The van der Waals surface area contributed by atoms with E-state index in [4.69, 9.17) is 0 Å². The highest BCUT2D eigenvalue weighted by Crippen LogP contribution is 2.61. The molecule has 0 unspecified atom stereocenters. The summed E-state index contributed by atoms with van der Waals surface area (Å²) < 4.78 is 0. The summed E-state index contributed by atoms with van der Waals surface area (Å²) in [6.45, 7) is 63.6. The van der Waals surface area contributed by atoms with E-state index in [1.807, 2.05) is 55.4 Å². The van der Waals surface area contributed by atoms with Crippen LogP contribution in [-0.4, -0.2) is 0 Å². The van der Waals surface area contributed by atoms with Crippen LogP contribution in [0.2, 0.25) is 0 Å². The zero-order valence-corrected chi connectivity index (χ0v) is 42.0. The molecule has 0 saturated heterocycles. The predicted molar refractivity (Wildman–Crippen MR) is 260 cm³/mol. The van der Waals surface area contributed by atoms with Gasteiger partial charge in [0.25, 0.3) is 0 Å². The second-order valence-corrected chi connectivity index (χ2v) is 23.3. The molecule has 0 radical (unpaired) electrons. The molecule has 0 heterocycles. The molecule has 0 aliphatic carbocycles. The van der Waals surface area contributed by atoms with E-state index in [0.717, 1.165) is 0 Å². The normalized spacial score (nSPS) is 12.8. The Hall–Kier alpha value is -0.780. The van der Waals surface area contributed by atoms with E-state index in [1.54, 1.807) is 0 Å². The van der Waals surface area contributed by atoms with Gasteiger partial charge in [-0.3, -0.25) is 0 Å². The third-order valence-corrected chi connectivity index (χ3v) is 9.10. The second kappa shape index (κ2) is 27.0. The van der Waals surface area contributed by atoms with Gasteiger partial charge in [-0.15, -0.1) is 0 Å². The zero-order valence-electron chi connectivity index (χ0n) is 42.0. The number of hydrogen-bond acceptors (Lipinski definition) is 0. The fraction of sp³-hybridized carbons (Fsp3) is 0.889. The molecular formula is C54H114. The first-order valence-electron chi connectivity index (χ1n) is 22.3. The fourth-order valence-corrected chi connectivity index (χ4v) is 10.7. The van der Waals surface area contributed by atoms with Gasteiger partial charge in [-0.25, -0.2) is 0 Å². The molecule has 0 fully saturated rings. The average molecular weight is 764 g/mol. The summed E-state index contributed by atoms with van der Waals surface area (Å²) in [5.41, 5.74) is 3.98. The highest BCUT2D eigenvalue weighted by Gasteiger charge is 2.51. The molecule has 1 rings (SSSR count). The minimum absolute atomic E-state index is 0. The molecule has 1 aromatic carbocycles. The lowest BCUT2D eigenvalue weighted by molar-refractivity contribution is -0.0416. The van der Waals surface area contributed by atoms with Gasteiger partial charge in [0.2, 0.25) is 0 Å². The van der Waals surface area contributed by atoms with Gasteiger partial charge >= 0.3 is 0 Å². The first kappa shape index (κ1) is 65.1. The molecule has 0 atom stereocenters. The van der Waals surface area contributed by atoms with Gasteiger partial charge in [0.15, 0.2) is 0 Å². The van der Waals surface area contributed by atoms with Gasteiger partial charge in [-0.1, -0.05) is 239 Å². The van der Waals surface area contributed by atoms with Crippen LogP contribution in [0.1, 0.15) is 265 Å². The highest BCUT2D eigenvalue weighted by molar-refractivity contribution is 5.18. The van der Waals surface area contributed by atoms with Crippen molar-refractivity contribution in [3.05, 3.63) is 35.9 Å². The van der Waals surface area contributed by atoms with E-state index in [1.165, 1.54) is 69.8 Å². The van der Waals surface area contributed by atoms with Crippen LogP contribution >= 0.6 is 0 Å². The average Bonchev–Trinajstić information content (AvgIpc) is 2.91. The van der Waals surface area contributed by atoms with E-state index in [9.17, 15) is 0 Å². The maximum absolute atomic E-state index is 2.55. The molecule has 0 aliphatic rings. The van der Waals surface area contributed by atoms with Crippen LogP contribution < -0.4 is 0 Å². The van der Waals surface area contributed by atoms with E-state index in [2.05, 4.69) is 162 Å². The van der Waals surface area contributed by atoms with E-state index >= 15 is 0 Å². The molecule has 0 bridgehead atoms. The Morgan fingerprint density at radius 1 is 0.315 bits per heavy atom. The molecule has 1 aromatic rings. The molecule has 0 saturated carbocycles. The van der Waals surface area contributed by atoms with Gasteiger partial charge in [0.05, 0.1) is 0 Å². The maximum Gasteiger partial charge on any atom is -0.0222 e. The topological polar surface area (TPSA) is 0 Å². The Kier molecular flexibility index (Phi) is 32.6. The van der Waals surface area contributed by atoms with Gasteiger partial charge < -0.3 is 0 Å². The second-order valence-electron chi connectivity index (χ2n) is 23.3. The summed E-state index contributed by atoms with van der Waals surface area (Å²) >= 11 is 0. The lowest BCUT2D eigenvalue weighted by atomic mass is 9.50. The maximum atomic E-state index is 2.55. The summed E-state index contributed by atoms with van der Waals surface area (Å²) in [6, 6.07) is 11.6. The monoisotopic (exact) mass is 763 g/mol. The molecule has 0 N–H and O–H groups in total. The molecule has 0 aliphatic heterocycles. The van der Waals surface area contributed by atoms with Crippen molar-refractivity contribution in [3.63, 3.8) is 0 Å². The van der Waals surface area contributed by atoms with E-state index in [0.29, 0.717) is 0 Å². The van der Waals surface area contributed by atoms with Crippen LogP contribution in [0.3, 0.4) is 0 Å². The van der Waals surface area contributed by atoms with Crippen molar-refractivity contribution in [1.82, 2.24) is 0 Å². The third kappa shape index (κ3) is 32.3. The van der Waals surface area contributed by atoms with Crippen LogP contribution in [0.15, 0.2) is 30.3 Å². The summed E-state index contributed by atoms with van der Waals surface area (Å²) in [6.07, 6.45) is 12.8. The first-order valence-corrected chi connectivity index (χ1v) is 22.3. The SMILES string of the molecule is C.C.CC.CC.CC.CC.CCC(Cc1ccccc1)(CC(CC(C)(C)C)(CC(C)(C)C)CC(C)(C)C)CC(CC(C)(C)C)(CC(C)(C)C)CC(C)(C)C. The van der Waals surface area contributed by atoms with E-state index in [-0.39, 0.29) is 63.6 Å². The Morgan fingerprint density at radius 2 is 0.519 bits per heavy atom. The first-order chi connectivity index (χ1) is 23.3. The molecule has 0 amide bonds. The zero-order chi connectivity index (χ0) is 42.7. The van der Waals surface area contributed by atoms with Crippen molar-refractivity contribution in [3.8, 4) is 0 Å². The Balaban J connectivity index is -0.000000537. The van der Waals surface area contributed by atoms with Crippen molar-refractivity contribution in [2.75, 3.05) is 0 Å². The summed E-state index contributed by atoms with van der Waals surface area (Å²) in [7, 11) is 0. The van der Waals surface area contributed by atoms with Gasteiger partial charge in [-0.05, 0) is 112 Å². The van der Waals surface area contributed by atoms with Crippen LogP contribution in [0, 0.1) is 48.7 Å². The van der Waals surface area contributed by atoms with Crippen molar-refractivity contribution < 1.29 is 0 Å². The number of rotatable bonds is 13. The van der Waals surface area contributed by atoms with Crippen LogP contribution in [0.25, 0.3) is 0 Å². The summed E-state index contributed by atoms with van der Waals surface area (Å²) in [5.74, 6) is 0. The summed E-state index contributed by atoms with van der Waals surface area (Å²) in [4.78, 5) is 0. The lowest BCUT2D eigenvalue weighted by Gasteiger charge is -2.55. The van der Waals surface area contributed by atoms with Crippen LogP contribution in [-0.2, 0) is 6.42 Å². The van der Waals surface area contributed by atoms with Crippen LogP contribution in [0.4, 0.5) is 0 Å². The van der Waals surface area contributed by atoms with Crippen molar-refractivity contribution in [2.24, 2.45) is 48.7 Å². The molecule has 0 spiro atoms. The van der Waals surface area contributed by atoms with Gasteiger partial charge in [0.1, 0.15) is 0 Å². The molecule has 0 aromatic heterocycles. The molecule has 54 heavy (non-hydrogen) atoms. The standard InChI is InChI=1S/C44H82.4C2H6.2CH4/c1-20-42(26-35-24-22-21-23-25-35,33-43(27-36(2,3)4,28-37(5,6)7)29-38(8,9)10)34-44(30-39(11,12)13,31-40(14,15)16)32-41(17,18)19;4*1-2;;/h21-25H,20,26-34H2,1-19H3;4*1-2H3;2*1H4.